The fourth-order valence-corrected chi connectivity index (χ4v) is 2.50. The zero-order valence-corrected chi connectivity index (χ0v) is 13.0. The number of rotatable bonds is 7. The van der Waals surface area contributed by atoms with Crippen LogP contribution in [0.1, 0.15) is 44.6 Å². The van der Waals surface area contributed by atoms with Gasteiger partial charge in [0.2, 0.25) is 0 Å². The van der Waals surface area contributed by atoms with E-state index in [0.29, 0.717) is 6.54 Å². The minimum atomic E-state index is -0.221. The fourth-order valence-electron chi connectivity index (χ4n) is 2.50. The number of nitrogens with zero attached hydrogens (tertiary/aromatic N) is 3. The maximum absolute atomic E-state index is 12.4. The predicted molar refractivity (Wildman–Crippen MR) is 87.4 cm³/mol. The van der Waals surface area contributed by atoms with Gasteiger partial charge < -0.3 is 4.57 Å². The largest absolute Gasteiger partial charge is 0.306 e. The Labute approximate surface area is 131 Å². The van der Waals surface area contributed by atoms with Crippen LogP contribution in [0.3, 0.4) is 0 Å². The molecule has 4 heteroatoms. The Morgan fingerprint density at radius 2 is 1.95 bits per heavy atom. The summed E-state index contributed by atoms with van der Waals surface area (Å²) < 4.78 is 1.69. The average molecular weight is 295 g/mol. The van der Waals surface area contributed by atoms with Crippen molar-refractivity contribution >= 4 is 0 Å². The number of pyridine rings is 2. The molecule has 0 aliphatic heterocycles. The third-order valence-corrected chi connectivity index (χ3v) is 3.71. The molecule has 0 atom stereocenters. The summed E-state index contributed by atoms with van der Waals surface area (Å²) in [6.07, 6.45) is 7.35. The highest BCUT2D eigenvalue weighted by Crippen LogP contribution is 2.16. The highest BCUT2D eigenvalue weighted by Gasteiger charge is 2.10. The second kappa shape index (κ2) is 8.14. The van der Waals surface area contributed by atoms with Crippen molar-refractivity contribution in [3.05, 3.63) is 52.4 Å². The first kappa shape index (κ1) is 16.0. The van der Waals surface area contributed by atoms with Crippen LogP contribution in [0.25, 0.3) is 11.4 Å². The molecule has 0 amide bonds. The Morgan fingerprint density at radius 3 is 2.64 bits per heavy atom. The van der Waals surface area contributed by atoms with E-state index in [1.807, 2.05) is 30.3 Å². The van der Waals surface area contributed by atoms with Gasteiger partial charge in [0.25, 0.3) is 5.56 Å². The van der Waals surface area contributed by atoms with Crippen LogP contribution < -0.4 is 5.56 Å². The Morgan fingerprint density at radius 1 is 1.14 bits per heavy atom. The molecule has 4 nitrogen and oxygen atoms in total. The summed E-state index contributed by atoms with van der Waals surface area (Å²) in [6, 6.07) is 11.0. The van der Waals surface area contributed by atoms with E-state index in [2.05, 4.69) is 11.9 Å². The van der Waals surface area contributed by atoms with E-state index in [-0.39, 0.29) is 11.1 Å². The summed E-state index contributed by atoms with van der Waals surface area (Å²) in [5.41, 5.74) is 1.51. The summed E-state index contributed by atoms with van der Waals surface area (Å²) in [7, 11) is 0. The Balaban J connectivity index is 2.28. The van der Waals surface area contributed by atoms with Gasteiger partial charge in [-0.1, -0.05) is 38.7 Å². The topological polar surface area (TPSA) is 58.7 Å². The van der Waals surface area contributed by atoms with Gasteiger partial charge in [0, 0.05) is 12.7 Å². The lowest BCUT2D eigenvalue weighted by Crippen LogP contribution is -2.24. The molecule has 114 valence electrons. The van der Waals surface area contributed by atoms with Crippen molar-refractivity contribution in [3.8, 4) is 17.5 Å². The maximum atomic E-state index is 12.4. The molecule has 0 spiro atoms. The molecule has 0 radical (unpaired) electrons. The molecule has 0 N–H and O–H groups in total. The monoisotopic (exact) mass is 295 g/mol. The number of nitriles is 1. The van der Waals surface area contributed by atoms with Gasteiger partial charge in [0.1, 0.15) is 11.6 Å². The van der Waals surface area contributed by atoms with Crippen LogP contribution in [0.15, 0.2) is 41.3 Å². The SMILES string of the molecule is CCCCCCCn1c(-c2ccccn2)ccc(C#N)c1=O. The molecule has 0 unspecified atom stereocenters. The summed E-state index contributed by atoms with van der Waals surface area (Å²) >= 11 is 0. The predicted octanol–water partition coefficient (Wildman–Crippen LogP) is 3.75. The van der Waals surface area contributed by atoms with Crippen LogP contribution in [0.2, 0.25) is 0 Å². The van der Waals surface area contributed by atoms with Gasteiger partial charge in [-0.2, -0.15) is 5.26 Å². The van der Waals surface area contributed by atoms with Gasteiger partial charge in [-0.05, 0) is 30.7 Å². The number of hydrogen-bond acceptors (Lipinski definition) is 3. The van der Waals surface area contributed by atoms with Crippen LogP contribution >= 0.6 is 0 Å². The lowest BCUT2D eigenvalue weighted by atomic mass is 10.1. The van der Waals surface area contributed by atoms with E-state index in [1.165, 1.54) is 19.3 Å². The van der Waals surface area contributed by atoms with Gasteiger partial charge in [0.05, 0.1) is 11.4 Å². The lowest BCUT2D eigenvalue weighted by Gasteiger charge is -2.12. The van der Waals surface area contributed by atoms with Crippen LogP contribution in [-0.2, 0) is 6.54 Å². The second-order valence-corrected chi connectivity index (χ2v) is 5.33. The number of aromatic nitrogens is 2. The quantitative estimate of drug-likeness (QED) is 0.731. The smallest absolute Gasteiger partial charge is 0.268 e. The van der Waals surface area contributed by atoms with Gasteiger partial charge >= 0.3 is 0 Å². The summed E-state index contributed by atoms with van der Waals surface area (Å²) in [4.78, 5) is 16.7. The first-order valence-electron chi connectivity index (χ1n) is 7.83. The first-order chi connectivity index (χ1) is 10.8. The Kier molecular flexibility index (Phi) is 5.91. The van der Waals surface area contributed by atoms with Crippen molar-refractivity contribution in [3.63, 3.8) is 0 Å². The molecule has 2 heterocycles. The first-order valence-corrected chi connectivity index (χ1v) is 7.83. The molecule has 0 aliphatic rings. The molecule has 0 aromatic carbocycles. The van der Waals surface area contributed by atoms with Crippen LogP contribution in [-0.4, -0.2) is 9.55 Å². The molecule has 2 aromatic rings. The van der Waals surface area contributed by atoms with E-state index in [4.69, 9.17) is 5.26 Å². The Bertz CT molecular complexity index is 699. The highest BCUT2D eigenvalue weighted by molar-refractivity contribution is 5.55. The van der Waals surface area contributed by atoms with E-state index in [9.17, 15) is 4.79 Å². The van der Waals surface area contributed by atoms with Crippen molar-refractivity contribution < 1.29 is 0 Å². The van der Waals surface area contributed by atoms with Crippen molar-refractivity contribution in [1.29, 1.82) is 5.26 Å². The fraction of sp³-hybridized carbons (Fsp3) is 0.389. The molecule has 0 aliphatic carbocycles. The number of unbranched alkanes of at least 4 members (excludes halogenated alkanes) is 4. The molecule has 0 saturated heterocycles. The Hall–Kier alpha value is -2.41. The summed E-state index contributed by atoms with van der Waals surface area (Å²) in [6.45, 7) is 2.81. The van der Waals surface area contributed by atoms with Crippen LogP contribution in [0.4, 0.5) is 0 Å². The summed E-state index contributed by atoms with van der Waals surface area (Å²) in [5, 5.41) is 9.07. The van der Waals surface area contributed by atoms with Gasteiger partial charge in [-0.3, -0.25) is 9.78 Å². The average Bonchev–Trinajstić information content (AvgIpc) is 2.56. The minimum Gasteiger partial charge on any atom is -0.306 e. The third kappa shape index (κ3) is 3.82. The van der Waals surface area contributed by atoms with Crippen molar-refractivity contribution in [2.45, 2.75) is 45.6 Å². The highest BCUT2D eigenvalue weighted by atomic mass is 16.1. The van der Waals surface area contributed by atoms with Crippen molar-refractivity contribution in [2.75, 3.05) is 0 Å². The van der Waals surface area contributed by atoms with Crippen LogP contribution in [0.5, 0.6) is 0 Å². The van der Waals surface area contributed by atoms with E-state index < -0.39 is 0 Å². The zero-order chi connectivity index (χ0) is 15.8. The molecule has 0 bridgehead atoms. The molecule has 0 fully saturated rings. The standard InChI is InChI=1S/C18H21N3O/c1-2-3-4-5-8-13-21-17(16-9-6-7-12-20-16)11-10-15(14-19)18(21)22/h6-7,9-12H,2-5,8,13H2,1H3. The van der Waals surface area contributed by atoms with Gasteiger partial charge in [0.15, 0.2) is 0 Å². The zero-order valence-electron chi connectivity index (χ0n) is 13.0. The molecule has 0 saturated carbocycles. The van der Waals surface area contributed by atoms with E-state index in [0.717, 1.165) is 24.2 Å². The summed E-state index contributed by atoms with van der Waals surface area (Å²) in [5.74, 6) is 0. The molecular formula is C18H21N3O. The lowest BCUT2D eigenvalue weighted by molar-refractivity contribution is 0.561. The van der Waals surface area contributed by atoms with Crippen molar-refractivity contribution in [1.82, 2.24) is 9.55 Å². The molecule has 22 heavy (non-hydrogen) atoms. The normalized spacial score (nSPS) is 10.4. The second-order valence-electron chi connectivity index (χ2n) is 5.33. The van der Waals surface area contributed by atoms with Crippen LogP contribution in [0, 0.1) is 11.3 Å². The van der Waals surface area contributed by atoms with Crippen molar-refractivity contribution in [2.24, 2.45) is 0 Å². The van der Waals surface area contributed by atoms with E-state index in [1.54, 1.807) is 16.8 Å². The van der Waals surface area contributed by atoms with Gasteiger partial charge in [-0.15, -0.1) is 0 Å². The van der Waals surface area contributed by atoms with E-state index >= 15 is 0 Å². The minimum absolute atomic E-state index is 0.188. The molecule has 2 aromatic heterocycles. The third-order valence-electron chi connectivity index (χ3n) is 3.71. The maximum Gasteiger partial charge on any atom is 0.268 e. The van der Waals surface area contributed by atoms with Gasteiger partial charge in [-0.25, -0.2) is 0 Å². The number of hydrogen-bond donors (Lipinski definition) is 0. The molecular weight excluding hydrogens is 274 g/mol. The molecule has 2 rings (SSSR count).